The predicted octanol–water partition coefficient (Wildman–Crippen LogP) is -0.208. The van der Waals surface area contributed by atoms with E-state index in [1.165, 1.54) is 5.56 Å². The van der Waals surface area contributed by atoms with E-state index in [4.69, 9.17) is 4.74 Å². The number of aromatic amines is 1. The number of nitrogens with zero attached hydrogens (tertiary/aromatic N) is 2. The normalized spacial score (nSPS) is 32.0. The van der Waals surface area contributed by atoms with Crippen molar-refractivity contribution in [3.05, 3.63) is 17.5 Å². The average Bonchev–Trinajstić information content (AvgIpc) is 3.28. The largest absolute Gasteiger partial charge is 0.394 e. The van der Waals surface area contributed by atoms with Crippen LogP contribution in [0.1, 0.15) is 30.5 Å². The number of aryl methyl sites for hydroxylation is 1. The first-order valence-electron chi connectivity index (χ1n) is 9.21. The number of hydrogen-bond acceptors (Lipinski definition) is 5. The summed E-state index contributed by atoms with van der Waals surface area (Å²) in [4.78, 5) is 14.7. The SMILES string of the molecule is O=C(NC[C@]1(CO)COC[C@H]2CCCN21)NC1CCc2cn[nH]c2C1. The van der Waals surface area contributed by atoms with E-state index in [1.807, 2.05) is 6.20 Å². The second kappa shape index (κ2) is 6.93. The molecule has 2 aliphatic heterocycles. The van der Waals surface area contributed by atoms with E-state index in [1.54, 1.807) is 0 Å². The van der Waals surface area contributed by atoms with Gasteiger partial charge in [0.15, 0.2) is 0 Å². The summed E-state index contributed by atoms with van der Waals surface area (Å²) in [6.45, 7) is 2.53. The van der Waals surface area contributed by atoms with Gasteiger partial charge < -0.3 is 20.5 Å². The maximum absolute atomic E-state index is 12.4. The Morgan fingerprint density at radius 2 is 2.44 bits per heavy atom. The Balaban J connectivity index is 1.32. The summed E-state index contributed by atoms with van der Waals surface area (Å²) in [5.41, 5.74) is 1.86. The minimum atomic E-state index is -0.500. The van der Waals surface area contributed by atoms with E-state index in [-0.39, 0.29) is 18.7 Å². The number of carbonyl (C=O) groups excluding carboxylic acids is 1. The van der Waals surface area contributed by atoms with Gasteiger partial charge in [0.1, 0.15) is 0 Å². The zero-order chi connectivity index (χ0) is 17.3. The molecule has 4 N–H and O–H groups in total. The van der Waals surface area contributed by atoms with Crippen LogP contribution in [0.5, 0.6) is 0 Å². The quantitative estimate of drug-likeness (QED) is 0.603. The number of nitrogens with one attached hydrogen (secondary N) is 3. The fourth-order valence-corrected chi connectivity index (χ4v) is 4.46. The summed E-state index contributed by atoms with van der Waals surface area (Å²) in [6.07, 6.45) is 6.72. The molecular weight excluding hydrogens is 322 g/mol. The number of urea groups is 1. The molecule has 0 saturated carbocycles. The van der Waals surface area contributed by atoms with Crippen LogP contribution in [0, 0.1) is 0 Å². The van der Waals surface area contributed by atoms with Crippen molar-refractivity contribution >= 4 is 6.03 Å². The Kier molecular flexibility index (Phi) is 4.66. The Hall–Kier alpha value is -1.64. The highest BCUT2D eigenvalue weighted by Crippen LogP contribution is 2.31. The first-order chi connectivity index (χ1) is 12.2. The van der Waals surface area contributed by atoms with Crippen molar-refractivity contribution in [2.45, 2.75) is 49.7 Å². The number of morpholine rings is 1. The van der Waals surface area contributed by atoms with Gasteiger partial charge in [0.05, 0.1) is 31.6 Å². The highest BCUT2D eigenvalue weighted by atomic mass is 16.5. The summed E-state index contributed by atoms with van der Waals surface area (Å²) in [7, 11) is 0. The monoisotopic (exact) mass is 349 g/mol. The van der Waals surface area contributed by atoms with Crippen LogP contribution < -0.4 is 10.6 Å². The molecule has 1 aromatic heterocycles. The van der Waals surface area contributed by atoms with Crippen LogP contribution in [0.4, 0.5) is 4.79 Å². The van der Waals surface area contributed by atoms with Gasteiger partial charge in [0, 0.05) is 30.7 Å². The number of H-pyrrole nitrogens is 1. The molecule has 0 bridgehead atoms. The van der Waals surface area contributed by atoms with Gasteiger partial charge in [-0.1, -0.05) is 0 Å². The number of hydrogen-bond donors (Lipinski definition) is 4. The van der Waals surface area contributed by atoms with Gasteiger partial charge in [0.2, 0.25) is 0 Å². The lowest BCUT2D eigenvalue weighted by atomic mass is 9.94. The molecule has 8 nitrogen and oxygen atoms in total. The third-order valence-electron chi connectivity index (χ3n) is 5.90. The molecule has 2 amide bonds. The number of fused-ring (bicyclic) bond motifs is 2. The van der Waals surface area contributed by atoms with Crippen LogP contribution in [0.15, 0.2) is 6.20 Å². The molecule has 25 heavy (non-hydrogen) atoms. The van der Waals surface area contributed by atoms with Gasteiger partial charge in [-0.3, -0.25) is 10.00 Å². The summed E-state index contributed by atoms with van der Waals surface area (Å²) in [6, 6.07) is 0.296. The number of aliphatic hydroxyl groups excluding tert-OH is 1. The summed E-state index contributed by atoms with van der Waals surface area (Å²) >= 11 is 0. The molecule has 3 atom stereocenters. The second-order valence-corrected chi connectivity index (χ2v) is 7.53. The van der Waals surface area contributed by atoms with Crippen LogP contribution in [-0.2, 0) is 17.6 Å². The topological polar surface area (TPSA) is 103 Å². The van der Waals surface area contributed by atoms with Crippen LogP contribution >= 0.6 is 0 Å². The van der Waals surface area contributed by atoms with E-state index in [0.717, 1.165) is 50.9 Å². The first kappa shape index (κ1) is 16.8. The van der Waals surface area contributed by atoms with E-state index in [9.17, 15) is 9.90 Å². The minimum Gasteiger partial charge on any atom is -0.394 e. The van der Waals surface area contributed by atoms with Crippen molar-refractivity contribution in [2.24, 2.45) is 0 Å². The zero-order valence-corrected chi connectivity index (χ0v) is 14.5. The molecule has 8 heteroatoms. The fraction of sp³-hybridized carbons (Fsp3) is 0.765. The summed E-state index contributed by atoms with van der Waals surface area (Å²) in [5, 5.41) is 23.1. The Morgan fingerprint density at radius 1 is 1.52 bits per heavy atom. The molecule has 0 spiro atoms. The smallest absolute Gasteiger partial charge is 0.315 e. The van der Waals surface area contributed by atoms with Gasteiger partial charge >= 0.3 is 6.03 Å². The molecule has 1 aliphatic carbocycles. The molecule has 1 aromatic rings. The van der Waals surface area contributed by atoms with Crippen molar-refractivity contribution in [2.75, 3.05) is 32.9 Å². The fourth-order valence-electron chi connectivity index (χ4n) is 4.46. The molecule has 3 heterocycles. The number of carbonyl (C=O) groups is 1. The Bertz CT molecular complexity index is 621. The van der Waals surface area contributed by atoms with Gasteiger partial charge in [-0.05, 0) is 37.8 Å². The molecule has 0 aromatic carbocycles. The van der Waals surface area contributed by atoms with Crippen molar-refractivity contribution in [3.63, 3.8) is 0 Å². The molecular formula is C17H27N5O3. The molecule has 2 saturated heterocycles. The van der Waals surface area contributed by atoms with Crippen LogP contribution in [0.25, 0.3) is 0 Å². The molecule has 0 radical (unpaired) electrons. The van der Waals surface area contributed by atoms with Crippen molar-refractivity contribution in [1.82, 2.24) is 25.7 Å². The summed E-state index contributed by atoms with van der Waals surface area (Å²) in [5.74, 6) is 0. The highest BCUT2D eigenvalue weighted by Gasteiger charge is 2.46. The van der Waals surface area contributed by atoms with Gasteiger partial charge in [0.25, 0.3) is 0 Å². The number of aromatic nitrogens is 2. The number of rotatable bonds is 4. The Labute approximate surface area is 147 Å². The zero-order valence-electron chi connectivity index (χ0n) is 14.5. The van der Waals surface area contributed by atoms with Crippen LogP contribution in [0.2, 0.25) is 0 Å². The number of ether oxygens (including phenoxy) is 1. The maximum atomic E-state index is 12.4. The van der Waals surface area contributed by atoms with Crippen LogP contribution in [0.3, 0.4) is 0 Å². The van der Waals surface area contributed by atoms with E-state index < -0.39 is 5.54 Å². The third kappa shape index (κ3) is 3.26. The first-order valence-corrected chi connectivity index (χ1v) is 9.21. The van der Waals surface area contributed by atoms with Gasteiger partial charge in [-0.15, -0.1) is 0 Å². The lowest BCUT2D eigenvalue weighted by Gasteiger charge is -2.47. The Morgan fingerprint density at radius 3 is 3.32 bits per heavy atom. The van der Waals surface area contributed by atoms with E-state index in [2.05, 4.69) is 25.7 Å². The highest BCUT2D eigenvalue weighted by molar-refractivity contribution is 5.74. The standard InChI is InChI=1S/C17H27N5O3/c23-10-17(11-25-8-14-2-1-5-22(14)17)9-18-16(24)20-13-4-3-12-7-19-21-15(12)6-13/h7,13-14,23H,1-6,8-11H2,(H,19,21)(H2,18,20,24)/t13?,14-,17+/m1/s1. The van der Waals surface area contributed by atoms with Crippen LogP contribution in [-0.4, -0.2) is 76.8 Å². The van der Waals surface area contributed by atoms with E-state index >= 15 is 0 Å². The molecule has 3 aliphatic rings. The van der Waals surface area contributed by atoms with Crippen molar-refractivity contribution < 1.29 is 14.6 Å². The molecule has 1 unspecified atom stereocenters. The lowest BCUT2D eigenvalue weighted by Crippen LogP contribution is -2.66. The lowest BCUT2D eigenvalue weighted by molar-refractivity contribution is -0.105. The predicted molar refractivity (Wildman–Crippen MR) is 91.3 cm³/mol. The number of amides is 2. The minimum absolute atomic E-state index is 0.00921. The third-order valence-corrected chi connectivity index (χ3v) is 5.90. The second-order valence-electron chi connectivity index (χ2n) is 7.53. The van der Waals surface area contributed by atoms with E-state index in [0.29, 0.717) is 19.2 Å². The average molecular weight is 349 g/mol. The maximum Gasteiger partial charge on any atom is 0.315 e. The molecule has 2 fully saturated rings. The molecule has 4 rings (SSSR count). The van der Waals surface area contributed by atoms with Gasteiger partial charge in [-0.25, -0.2) is 4.79 Å². The molecule has 138 valence electrons. The van der Waals surface area contributed by atoms with Crippen molar-refractivity contribution in [3.8, 4) is 0 Å². The number of aliphatic hydroxyl groups is 1. The van der Waals surface area contributed by atoms with Crippen molar-refractivity contribution in [1.29, 1.82) is 0 Å². The van der Waals surface area contributed by atoms with Gasteiger partial charge in [-0.2, -0.15) is 5.10 Å². The summed E-state index contributed by atoms with van der Waals surface area (Å²) < 4.78 is 5.72.